The molecule has 2 heterocycles. The number of aromatic nitrogens is 2. The van der Waals surface area contributed by atoms with Crippen LogP contribution in [0.3, 0.4) is 0 Å². The largest absolute Gasteiger partial charge is 0.468 e. The van der Waals surface area contributed by atoms with Gasteiger partial charge in [0.2, 0.25) is 0 Å². The van der Waals surface area contributed by atoms with Crippen LogP contribution in [0.5, 0.6) is 0 Å². The van der Waals surface area contributed by atoms with Gasteiger partial charge in [0.15, 0.2) is 0 Å². The topological polar surface area (TPSA) is 38.9 Å². The second-order valence-electron chi connectivity index (χ2n) is 2.55. The normalized spacial score (nSPS) is 10.4. The smallest absolute Gasteiger partial charge is 0.133 e. The first-order valence-electron chi connectivity index (χ1n) is 3.97. The number of nitrogens with zero attached hydrogens (tertiary/aromatic N) is 2. The number of thioether (sulfide) groups is 1. The van der Waals surface area contributed by atoms with Crippen LogP contribution in [0.15, 0.2) is 40.2 Å². The maximum atomic E-state index is 5.72. The van der Waals surface area contributed by atoms with Gasteiger partial charge >= 0.3 is 0 Å². The van der Waals surface area contributed by atoms with Crippen LogP contribution in [0, 0.1) is 0 Å². The highest BCUT2D eigenvalue weighted by atomic mass is 35.5. The van der Waals surface area contributed by atoms with E-state index in [9.17, 15) is 0 Å². The third-order valence-electron chi connectivity index (χ3n) is 1.55. The highest BCUT2D eigenvalue weighted by molar-refractivity contribution is 7.98. The van der Waals surface area contributed by atoms with E-state index >= 15 is 0 Å². The molecular weight excluding hydrogens is 220 g/mol. The fraction of sp³-hybridized carbons (Fsp3) is 0.111. The molecule has 2 aromatic heterocycles. The van der Waals surface area contributed by atoms with E-state index in [1.165, 1.54) is 6.33 Å². The number of hydrogen-bond donors (Lipinski definition) is 0. The lowest BCUT2D eigenvalue weighted by Gasteiger charge is -1.97. The Balaban J connectivity index is 1.98. The van der Waals surface area contributed by atoms with Gasteiger partial charge in [-0.05, 0) is 12.1 Å². The van der Waals surface area contributed by atoms with E-state index in [0.29, 0.717) is 5.15 Å². The number of rotatable bonds is 3. The molecule has 0 saturated carbocycles. The summed E-state index contributed by atoms with van der Waals surface area (Å²) in [5, 5.41) is 1.31. The van der Waals surface area contributed by atoms with Gasteiger partial charge in [-0.25, -0.2) is 9.97 Å². The average molecular weight is 227 g/mol. The van der Waals surface area contributed by atoms with Gasteiger partial charge in [-0.2, -0.15) is 0 Å². The molecule has 0 aliphatic heterocycles. The third kappa shape index (κ3) is 2.49. The van der Waals surface area contributed by atoms with Crippen LogP contribution in [-0.4, -0.2) is 9.97 Å². The van der Waals surface area contributed by atoms with Gasteiger partial charge in [-0.15, -0.1) is 0 Å². The summed E-state index contributed by atoms with van der Waals surface area (Å²) in [5.74, 6) is 1.67. The van der Waals surface area contributed by atoms with Crippen LogP contribution in [0.25, 0.3) is 0 Å². The van der Waals surface area contributed by atoms with Gasteiger partial charge in [0.05, 0.1) is 12.0 Å². The molecule has 0 N–H and O–H groups in total. The molecule has 14 heavy (non-hydrogen) atoms. The van der Waals surface area contributed by atoms with Crippen LogP contribution < -0.4 is 0 Å². The van der Waals surface area contributed by atoms with Crippen LogP contribution >= 0.6 is 23.4 Å². The van der Waals surface area contributed by atoms with Crippen molar-refractivity contribution in [2.45, 2.75) is 10.8 Å². The summed E-state index contributed by atoms with van der Waals surface area (Å²) in [5.41, 5.74) is 0. The molecule has 0 amide bonds. The third-order valence-corrected chi connectivity index (χ3v) is 2.71. The highest BCUT2D eigenvalue weighted by Crippen LogP contribution is 2.21. The van der Waals surface area contributed by atoms with Crippen LogP contribution in [0.1, 0.15) is 5.76 Å². The molecular formula is C9H7ClN2OS. The standard InChI is InChI=1S/C9H7ClN2OS/c10-8-4-9(12-6-11-8)14-5-7-2-1-3-13-7/h1-4,6H,5H2. The molecule has 2 rings (SSSR count). The molecule has 0 aliphatic rings. The Morgan fingerprint density at radius 3 is 3.07 bits per heavy atom. The van der Waals surface area contributed by atoms with Crippen molar-refractivity contribution in [3.63, 3.8) is 0 Å². The van der Waals surface area contributed by atoms with E-state index < -0.39 is 0 Å². The first-order valence-corrected chi connectivity index (χ1v) is 5.34. The summed E-state index contributed by atoms with van der Waals surface area (Å²) in [7, 11) is 0. The van der Waals surface area contributed by atoms with E-state index in [2.05, 4.69) is 9.97 Å². The molecule has 0 saturated heterocycles. The highest BCUT2D eigenvalue weighted by Gasteiger charge is 2.00. The van der Waals surface area contributed by atoms with E-state index in [-0.39, 0.29) is 0 Å². The lowest BCUT2D eigenvalue weighted by atomic mass is 10.5. The quantitative estimate of drug-likeness (QED) is 0.596. The SMILES string of the molecule is Clc1cc(SCc2ccco2)ncn1. The van der Waals surface area contributed by atoms with Crippen molar-refractivity contribution in [3.05, 3.63) is 41.7 Å². The van der Waals surface area contributed by atoms with Crippen molar-refractivity contribution >= 4 is 23.4 Å². The van der Waals surface area contributed by atoms with Gasteiger partial charge in [0.1, 0.15) is 22.3 Å². The van der Waals surface area contributed by atoms with E-state index in [1.54, 1.807) is 24.1 Å². The second kappa shape index (κ2) is 4.48. The Hall–Kier alpha value is -1.00. The fourth-order valence-electron chi connectivity index (χ4n) is 0.936. The Morgan fingerprint density at radius 1 is 1.43 bits per heavy atom. The molecule has 0 bridgehead atoms. The molecule has 0 radical (unpaired) electrons. The number of hydrogen-bond acceptors (Lipinski definition) is 4. The molecule has 0 atom stereocenters. The molecule has 0 unspecified atom stereocenters. The number of halogens is 1. The Kier molecular flexibility index (Phi) is 3.06. The van der Waals surface area contributed by atoms with Crippen LogP contribution in [0.4, 0.5) is 0 Å². The summed E-state index contributed by atoms with van der Waals surface area (Å²) in [6.45, 7) is 0. The minimum absolute atomic E-state index is 0.460. The van der Waals surface area contributed by atoms with Crippen LogP contribution in [0.2, 0.25) is 5.15 Å². The zero-order valence-corrected chi connectivity index (χ0v) is 8.76. The molecule has 0 aromatic carbocycles. The molecule has 0 spiro atoms. The van der Waals surface area contributed by atoms with E-state index in [4.69, 9.17) is 16.0 Å². The average Bonchev–Trinajstić information content (AvgIpc) is 2.67. The van der Waals surface area contributed by atoms with Crippen molar-refractivity contribution in [1.82, 2.24) is 9.97 Å². The summed E-state index contributed by atoms with van der Waals surface area (Å²) in [6.07, 6.45) is 3.11. The van der Waals surface area contributed by atoms with Gasteiger partial charge < -0.3 is 4.42 Å². The Morgan fingerprint density at radius 2 is 2.36 bits per heavy atom. The van der Waals surface area contributed by atoms with Crippen molar-refractivity contribution in [3.8, 4) is 0 Å². The van der Waals surface area contributed by atoms with Crippen molar-refractivity contribution < 1.29 is 4.42 Å². The Bertz CT molecular complexity index is 405. The second-order valence-corrected chi connectivity index (χ2v) is 3.93. The summed E-state index contributed by atoms with van der Waals surface area (Å²) >= 11 is 7.28. The molecule has 2 aromatic rings. The molecule has 72 valence electrons. The van der Waals surface area contributed by atoms with Gasteiger partial charge in [-0.3, -0.25) is 0 Å². The van der Waals surface area contributed by atoms with E-state index in [1.807, 2.05) is 12.1 Å². The maximum Gasteiger partial charge on any atom is 0.133 e. The zero-order valence-electron chi connectivity index (χ0n) is 7.18. The summed E-state index contributed by atoms with van der Waals surface area (Å²) in [4.78, 5) is 7.87. The predicted molar refractivity (Wildman–Crippen MR) is 55.3 cm³/mol. The lowest BCUT2D eigenvalue weighted by Crippen LogP contribution is -1.83. The molecule has 3 nitrogen and oxygen atoms in total. The minimum atomic E-state index is 0.460. The first kappa shape index (κ1) is 9.55. The van der Waals surface area contributed by atoms with Gasteiger partial charge in [0.25, 0.3) is 0 Å². The van der Waals surface area contributed by atoms with E-state index in [0.717, 1.165) is 16.5 Å². The van der Waals surface area contributed by atoms with Crippen molar-refractivity contribution in [2.24, 2.45) is 0 Å². The number of furan rings is 1. The molecule has 5 heteroatoms. The minimum Gasteiger partial charge on any atom is -0.468 e. The summed E-state index contributed by atoms with van der Waals surface area (Å²) < 4.78 is 5.19. The van der Waals surface area contributed by atoms with Crippen molar-refractivity contribution in [1.29, 1.82) is 0 Å². The first-order chi connectivity index (χ1) is 6.84. The predicted octanol–water partition coefficient (Wildman–Crippen LogP) is 3.02. The van der Waals surface area contributed by atoms with Crippen molar-refractivity contribution in [2.75, 3.05) is 0 Å². The Labute approximate surface area is 90.5 Å². The lowest BCUT2D eigenvalue weighted by molar-refractivity contribution is 0.530. The van der Waals surface area contributed by atoms with Gasteiger partial charge in [-0.1, -0.05) is 23.4 Å². The zero-order chi connectivity index (χ0) is 9.80. The molecule has 0 fully saturated rings. The summed E-state index contributed by atoms with van der Waals surface area (Å²) in [6, 6.07) is 5.52. The monoisotopic (exact) mass is 226 g/mol. The van der Waals surface area contributed by atoms with Crippen LogP contribution in [-0.2, 0) is 5.75 Å². The van der Waals surface area contributed by atoms with Gasteiger partial charge in [0, 0.05) is 6.07 Å². The molecule has 0 aliphatic carbocycles. The fourth-order valence-corrected chi connectivity index (χ4v) is 1.92. The maximum absolute atomic E-state index is 5.72.